The highest BCUT2D eigenvalue weighted by atomic mass is 79.9. The Hall–Kier alpha value is -1.37. The van der Waals surface area contributed by atoms with Crippen molar-refractivity contribution in [3.63, 3.8) is 0 Å². The van der Waals surface area contributed by atoms with Crippen LogP contribution in [-0.2, 0) is 16.6 Å². The molecule has 0 radical (unpaired) electrons. The van der Waals surface area contributed by atoms with Gasteiger partial charge >= 0.3 is 0 Å². The zero-order valence-electron chi connectivity index (χ0n) is 10.7. The van der Waals surface area contributed by atoms with E-state index in [0.29, 0.717) is 21.8 Å². The second-order valence-electron chi connectivity index (χ2n) is 4.43. The number of anilines is 1. The van der Waals surface area contributed by atoms with Crippen LogP contribution in [-0.4, -0.2) is 9.19 Å². The van der Waals surface area contributed by atoms with Gasteiger partial charge in [0.15, 0.2) is 5.58 Å². The number of fused-ring (bicyclic) bond motifs is 1. The highest BCUT2D eigenvalue weighted by molar-refractivity contribution is 9.10. The molecule has 3 rings (SSSR count). The van der Waals surface area contributed by atoms with Crippen LogP contribution in [0.5, 0.6) is 0 Å². The molecule has 21 heavy (non-hydrogen) atoms. The summed E-state index contributed by atoms with van der Waals surface area (Å²) in [5, 5.41) is 0.729. The Balaban J connectivity index is 1.89. The second-order valence-corrected chi connectivity index (χ2v) is 7.08. The van der Waals surface area contributed by atoms with Crippen LogP contribution >= 0.6 is 27.5 Å². The van der Waals surface area contributed by atoms with Gasteiger partial charge in [-0.3, -0.25) is 0 Å². The van der Waals surface area contributed by atoms with E-state index in [4.69, 9.17) is 21.8 Å². The van der Waals surface area contributed by atoms with Crippen LogP contribution in [0.1, 0.15) is 5.56 Å². The van der Waals surface area contributed by atoms with Crippen molar-refractivity contribution in [3.05, 3.63) is 51.5 Å². The maximum Gasteiger partial charge on any atom is 0.288 e. The average molecular weight is 386 g/mol. The third-order valence-electron chi connectivity index (χ3n) is 2.89. The molecule has 0 fully saturated rings. The minimum atomic E-state index is -1.41. The molecule has 1 unspecified atom stereocenters. The van der Waals surface area contributed by atoms with Gasteiger partial charge in [0.1, 0.15) is 16.3 Å². The Morgan fingerprint density at radius 1 is 1.29 bits per heavy atom. The van der Waals surface area contributed by atoms with Crippen LogP contribution in [0, 0.1) is 0 Å². The van der Waals surface area contributed by atoms with Gasteiger partial charge in [0, 0.05) is 15.2 Å². The summed E-state index contributed by atoms with van der Waals surface area (Å²) >= 11 is 9.46. The summed E-state index contributed by atoms with van der Waals surface area (Å²) in [6.45, 7) is 0. The molecule has 0 aliphatic carbocycles. The first-order valence-corrected chi connectivity index (χ1v) is 8.50. The fourth-order valence-electron chi connectivity index (χ4n) is 1.86. The summed E-state index contributed by atoms with van der Waals surface area (Å²) in [6.07, 6.45) is 0. The van der Waals surface area contributed by atoms with Crippen molar-refractivity contribution < 1.29 is 8.63 Å². The third-order valence-corrected chi connectivity index (χ3v) is 4.87. The molecular weight excluding hydrogens is 376 g/mol. The molecule has 1 aromatic heterocycles. The van der Waals surface area contributed by atoms with E-state index < -0.39 is 10.8 Å². The molecule has 0 aliphatic heterocycles. The SMILES string of the molecule is Nc1ccc2oc(S(=O)Cc3ccc(Br)cc3Cl)nc2c1. The van der Waals surface area contributed by atoms with Crippen molar-refractivity contribution in [1.82, 2.24) is 4.98 Å². The smallest absolute Gasteiger partial charge is 0.288 e. The van der Waals surface area contributed by atoms with Crippen molar-refractivity contribution in [2.45, 2.75) is 11.0 Å². The van der Waals surface area contributed by atoms with Gasteiger partial charge in [-0.05, 0) is 35.9 Å². The van der Waals surface area contributed by atoms with Crippen molar-refractivity contribution in [1.29, 1.82) is 0 Å². The third kappa shape index (κ3) is 3.12. The zero-order valence-corrected chi connectivity index (χ0v) is 13.8. The number of nitrogens with two attached hydrogens (primary N) is 1. The quantitative estimate of drug-likeness (QED) is 0.688. The van der Waals surface area contributed by atoms with Crippen LogP contribution < -0.4 is 5.73 Å². The van der Waals surface area contributed by atoms with Gasteiger partial charge in [0.2, 0.25) is 0 Å². The average Bonchev–Trinajstić information content (AvgIpc) is 2.85. The van der Waals surface area contributed by atoms with E-state index in [1.165, 1.54) is 0 Å². The summed E-state index contributed by atoms with van der Waals surface area (Å²) in [6, 6.07) is 10.6. The molecule has 2 aromatic carbocycles. The van der Waals surface area contributed by atoms with Gasteiger partial charge in [-0.2, -0.15) is 0 Å². The lowest BCUT2D eigenvalue weighted by molar-refractivity contribution is 0.477. The van der Waals surface area contributed by atoms with Gasteiger partial charge in [0.05, 0.1) is 5.75 Å². The Kier molecular flexibility index (Phi) is 4.01. The van der Waals surface area contributed by atoms with Crippen LogP contribution in [0.15, 0.2) is 50.5 Å². The molecule has 0 spiro atoms. The summed E-state index contributed by atoms with van der Waals surface area (Å²) in [5.74, 6) is 0.244. The minimum absolute atomic E-state index is 0.176. The highest BCUT2D eigenvalue weighted by Crippen LogP contribution is 2.25. The van der Waals surface area contributed by atoms with Gasteiger partial charge in [-0.25, -0.2) is 9.19 Å². The summed E-state index contributed by atoms with van der Waals surface area (Å²) in [5.41, 5.74) is 8.21. The highest BCUT2D eigenvalue weighted by Gasteiger charge is 2.15. The molecule has 1 heterocycles. The van der Waals surface area contributed by atoms with Crippen LogP contribution in [0.2, 0.25) is 5.02 Å². The molecule has 0 saturated carbocycles. The topological polar surface area (TPSA) is 69.1 Å². The maximum absolute atomic E-state index is 12.4. The number of benzene rings is 2. The fraction of sp³-hybridized carbons (Fsp3) is 0.0714. The lowest BCUT2D eigenvalue weighted by Gasteiger charge is -2.02. The molecule has 0 aliphatic rings. The molecule has 108 valence electrons. The lowest BCUT2D eigenvalue weighted by Crippen LogP contribution is -1.97. The molecular formula is C14H10BrClN2O2S. The van der Waals surface area contributed by atoms with Gasteiger partial charge in [-0.15, -0.1) is 0 Å². The van der Waals surface area contributed by atoms with Gasteiger partial charge < -0.3 is 10.2 Å². The van der Waals surface area contributed by atoms with Crippen molar-refractivity contribution in [2.24, 2.45) is 0 Å². The summed E-state index contributed by atoms with van der Waals surface area (Å²) < 4.78 is 18.7. The zero-order chi connectivity index (χ0) is 15.0. The molecule has 3 aromatic rings. The van der Waals surface area contributed by atoms with E-state index in [2.05, 4.69) is 20.9 Å². The number of hydrogen-bond donors (Lipinski definition) is 1. The molecule has 7 heteroatoms. The van der Waals surface area contributed by atoms with E-state index >= 15 is 0 Å². The van der Waals surface area contributed by atoms with Crippen molar-refractivity contribution in [2.75, 3.05) is 5.73 Å². The maximum atomic E-state index is 12.4. The first kappa shape index (κ1) is 14.6. The first-order valence-electron chi connectivity index (χ1n) is 6.01. The fourth-order valence-corrected chi connectivity index (χ4v) is 3.72. The van der Waals surface area contributed by atoms with Crippen molar-refractivity contribution in [3.8, 4) is 0 Å². The lowest BCUT2D eigenvalue weighted by atomic mass is 10.2. The summed E-state index contributed by atoms with van der Waals surface area (Å²) in [4.78, 5) is 4.22. The number of hydrogen-bond acceptors (Lipinski definition) is 4. The number of rotatable bonds is 3. The summed E-state index contributed by atoms with van der Waals surface area (Å²) in [7, 11) is -1.41. The second kappa shape index (κ2) is 5.79. The molecule has 4 nitrogen and oxygen atoms in total. The van der Waals surface area contributed by atoms with Gasteiger partial charge in [0.25, 0.3) is 5.22 Å². The van der Waals surface area contributed by atoms with Crippen LogP contribution in [0.3, 0.4) is 0 Å². The number of nitrogens with zero attached hydrogens (tertiary/aromatic N) is 1. The molecule has 1 atom stereocenters. The number of nitrogen functional groups attached to an aromatic ring is 1. The standard InChI is InChI=1S/C14H10BrClN2O2S/c15-9-2-1-8(11(16)5-9)7-21(19)14-18-12-6-10(17)3-4-13(12)20-14/h1-6H,7,17H2. The molecule has 0 amide bonds. The minimum Gasteiger partial charge on any atom is -0.430 e. The molecule has 0 bridgehead atoms. The van der Waals surface area contributed by atoms with E-state index in [-0.39, 0.29) is 11.0 Å². The number of halogens is 2. The number of aromatic nitrogens is 1. The van der Waals surface area contributed by atoms with Gasteiger partial charge in [-0.1, -0.05) is 33.6 Å². The van der Waals surface area contributed by atoms with E-state index in [1.807, 2.05) is 12.1 Å². The monoisotopic (exact) mass is 384 g/mol. The van der Waals surface area contributed by atoms with Crippen molar-refractivity contribution >= 4 is 55.1 Å². The Morgan fingerprint density at radius 3 is 2.86 bits per heavy atom. The predicted octanol–water partition coefficient (Wildman–Crippen LogP) is 4.13. The number of oxazole rings is 1. The Labute approximate surface area is 136 Å². The van der Waals surface area contributed by atoms with Crippen LogP contribution in [0.4, 0.5) is 5.69 Å². The van der Waals surface area contributed by atoms with E-state index in [1.54, 1.807) is 24.3 Å². The predicted molar refractivity (Wildman–Crippen MR) is 87.7 cm³/mol. The van der Waals surface area contributed by atoms with Crippen LogP contribution in [0.25, 0.3) is 11.1 Å². The molecule has 2 N–H and O–H groups in total. The Morgan fingerprint density at radius 2 is 2.10 bits per heavy atom. The van der Waals surface area contributed by atoms with E-state index in [9.17, 15) is 4.21 Å². The van der Waals surface area contributed by atoms with E-state index in [0.717, 1.165) is 10.0 Å². The Bertz CT molecular complexity index is 850. The first-order chi connectivity index (χ1) is 10.0. The largest absolute Gasteiger partial charge is 0.430 e. The normalized spacial score (nSPS) is 12.7. The molecule has 0 saturated heterocycles.